The predicted octanol–water partition coefficient (Wildman–Crippen LogP) is 3.22. The summed E-state index contributed by atoms with van der Waals surface area (Å²) in [4.78, 5) is 12.2. The molecule has 0 saturated heterocycles. The van der Waals surface area contributed by atoms with E-state index in [0.29, 0.717) is 5.56 Å². The van der Waals surface area contributed by atoms with Crippen LogP contribution in [0.15, 0.2) is 36.4 Å². The first-order chi connectivity index (χ1) is 10.1. The van der Waals surface area contributed by atoms with Crippen molar-refractivity contribution in [2.45, 2.75) is 6.92 Å². The van der Waals surface area contributed by atoms with E-state index in [-0.39, 0.29) is 11.6 Å². The van der Waals surface area contributed by atoms with Gasteiger partial charge in [-0.05, 0) is 42.8 Å². The lowest BCUT2D eigenvalue weighted by molar-refractivity contribution is 0.102. The van der Waals surface area contributed by atoms with E-state index in [1.807, 2.05) is 6.07 Å². The normalized spacial score (nSPS) is 12.9. The van der Waals surface area contributed by atoms with E-state index in [2.05, 4.69) is 16.0 Å². The number of benzene rings is 2. The van der Waals surface area contributed by atoms with E-state index in [9.17, 15) is 9.18 Å². The summed E-state index contributed by atoms with van der Waals surface area (Å²) in [6, 6.07) is 10.1. The summed E-state index contributed by atoms with van der Waals surface area (Å²) in [7, 11) is 0. The Morgan fingerprint density at radius 3 is 2.62 bits per heavy atom. The van der Waals surface area contributed by atoms with E-state index in [4.69, 9.17) is 0 Å². The number of hydrogen-bond acceptors (Lipinski definition) is 3. The summed E-state index contributed by atoms with van der Waals surface area (Å²) >= 11 is 0. The molecular weight excluding hydrogens is 269 g/mol. The van der Waals surface area contributed by atoms with Gasteiger partial charge in [0, 0.05) is 18.7 Å². The van der Waals surface area contributed by atoms with E-state index >= 15 is 0 Å². The first kappa shape index (κ1) is 13.4. The molecule has 0 bridgehead atoms. The molecule has 4 nitrogen and oxygen atoms in total. The third-order valence-corrected chi connectivity index (χ3v) is 3.41. The van der Waals surface area contributed by atoms with Gasteiger partial charge in [0.15, 0.2) is 0 Å². The van der Waals surface area contributed by atoms with Gasteiger partial charge in [-0.1, -0.05) is 6.07 Å². The Morgan fingerprint density at radius 1 is 1.10 bits per heavy atom. The van der Waals surface area contributed by atoms with Gasteiger partial charge < -0.3 is 16.0 Å². The van der Waals surface area contributed by atoms with Gasteiger partial charge in [0.2, 0.25) is 0 Å². The van der Waals surface area contributed by atoms with E-state index < -0.39 is 5.82 Å². The van der Waals surface area contributed by atoms with Crippen molar-refractivity contribution >= 4 is 23.0 Å². The highest BCUT2D eigenvalue weighted by Gasteiger charge is 2.13. The second-order valence-electron chi connectivity index (χ2n) is 5.05. The zero-order valence-electron chi connectivity index (χ0n) is 11.7. The largest absolute Gasteiger partial charge is 0.382 e. The van der Waals surface area contributed by atoms with Gasteiger partial charge in [-0.15, -0.1) is 0 Å². The number of nitrogens with one attached hydrogen (secondary N) is 3. The summed E-state index contributed by atoms with van der Waals surface area (Å²) in [5.41, 5.74) is 3.35. The van der Waals surface area contributed by atoms with Gasteiger partial charge in [-0.3, -0.25) is 4.79 Å². The minimum absolute atomic E-state index is 0.189. The Balaban J connectivity index is 1.82. The molecule has 2 aromatic carbocycles. The van der Waals surface area contributed by atoms with E-state index in [1.54, 1.807) is 31.2 Å². The van der Waals surface area contributed by atoms with Crippen LogP contribution in [-0.2, 0) is 0 Å². The lowest BCUT2D eigenvalue weighted by Gasteiger charge is -2.20. The quantitative estimate of drug-likeness (QED) is 0.794. The van der Waals surface area contributed by atoms with E-state index in [0.717, 1.165) is 30.0 Å². The van der Waals surface area contributed by atoms with Crippen molar-refractivity contribution in [2.24, 2.45) is 0 Å². The fourth-order valence-corrected chi connectivity index (χ4v) is 2.30. The topological polar surface area (TPSA) is 53.2 Å². The number of carbonyl (C=O) groups is 1. The Hall–Kier alpha value is -2.56. The maximum atomic E-state index is 13.8. The van der Waals surface area contributed by atoms with Crippen molar-refractivity contribution in [1.82, 2.24) is 0 Å². The van der Waals surface area contributed by atoms with Gasteiger partial charge in [-0.25, -0.2) is 4.39 Å². The molecule has 0 aliphatic carbocycles. The zero-order valence-corrected chi connectivity index (χ0v) is 11.7. The summed E-state index contributed by atoms with van der Waals surface area (Å²) in [6.45, 7) is 3.47. The predicted molar refractivity (Wildman–Crippen MR) is 82.5 cm³/mol. The number of anilines is 3. The summed E-state index contributed by atoms with van der Waals surface area (Å²) in [6.07, 6.45) is 0. The van der Waals surface area contributed by atoms with Crippen molar-refractivity contribution in [1.29, 1.82) is 0 Å². The number of halogens is 1. The smallest absolute Gasteiger partial charge is 0.255 e. The molecule has 1 aliphatic heterocycles. The lowest BCUT2D eigenvalue weighted by Crippen LogP contribution is -2.21. The highest BCUT2D eigenvalue weighted by Crippen LogP contribution is 2.26. The highest BCUT2D eigenvalue weighted by atomic mass is 19.1. The van der Waals surface area contributed by atoms with Crippen LogP contribution in [0.25, 0.3) is 0 Å². The maximum absolute atomic E-state index is 13.8. The average molecular weight is 285 g/mol. The highest BCUT2D eigenvalue weighted by molar-refractivity contribution is 6.05. The number of fused-ring (bicyclic) bond motifs is 1. The molecule has 1 aliphatic rings. The second-order valence-corrected chi connectivity index (χ2v) is 5.05. The van der Waals surface area contributed by atoms with Crippen LogP contribution in [0.1, 0.15) is 15.9 Å². The Morgan fingerprint density at radius 2 is 1.86 bits per heavy atom. The minimum Gasteiger partial charge on any atom is -0.382 e. The molecule has 0 unspecified atom stereocenters. The summed E-state index contributed by atoms with van der Waals surface area (Å²) in [5.74, 6) is -0.756. The first-order valence-electron chi connectivity index (χ1n) is 6.83. The van der Waals surface area contributed by atoms with Crippen molar-refractivity contribution in [3.05, 3.63) is 53.3 Å². The SMILES string of the molecule is Cc1ccc(NC(=O)c2ccc3c(c2)NCCN3)c(F)c1. The molecule has 0 radical (unpaired) electrons. The number of rotatable bonds is 2. The van der Waals surface area contributed by atoms with Crippen molar-refractivity contribution in [3.63, 3.8) is 0 Å². The van der Waals surface area contributed by atoms with Crippen LogP contribution in [0.3, 0.4) is 0 Å². The molecule has 1 amide bonds. The van der Waals surface area contributed by atoms with Crippen LogP contribution in [0.4, 0.5) is 21.5 Å². The number of carbonyl (C=O) groups excluding carboxylic acids is 1. The molecule has 5 heteroatoms. The van der Waals surface area contributed by atoms with Gasteiger partial charge in [0.25, 0.3) is 5.91 Å². The third kappa shape index (κ3) is 2.81. The van der Waals surface area contributed by atoms with Crippen LogP contribution in [0.5, 0.6) is 0 Å². The summed E-state index contributed by atoms with van der Waals surface area (Å²) < 4.78 is 13.8. The molecule has 2 aromatic rings. The van der Waals surface area contributed by atoms with Crippen LogP contribution >= 0.6 is 0 Å². The van der Waals surface area contributed by atoms with Crippen LogP contribution in [-0.4, -0.2) is 19.0 Å². The molecule has 3 rings (SSSR count). The van der Waals surface area contributed by atoms with Crippen LogP contribution in [0, 0.1) is 12.7 Å². The molecule has 3 N–H and O–H groups in total. The summed E-state index contributed by atoms with van der Waals surface area (Å²) in [5, 5.41) is 9.06. The molecular formula is C16H16FN3O. The monoisotopic (exact) mass is 285 g/mol. The van der Waals surface area contributed by atoms with Gasteiger partial charge >= 0.3 is 0 Å². The molecule has 0 aromatic heterocycles. The Bertz CT molecular complexity index is 700. The molecule has 1 heterocycles. The molecule has 0 atom stereocenters. The Kier molecular flexibility index (Phi) is 3.48. The second kappa shape index (κ2) is 5.44. The van der Waals surface area contributed by atoms with Crippen molar-refractivity contribution in [2.75, 3.05) is 29.0 Å². The van der Waals surface area contributed by atoms with Crippen molar-refractivity contribution < 1.29 is 9.18 Å². The fraction of sp³-hybridized carbons (Fsp3) is 0.188. The molecule has 108 valence electrons. The fourth-order valence-electron chi connectivity index (χ4n) is 2.30. The average Bonchev–Trinajstić information content (AvgIpc) is 2.49. The van der Waals surface area contributed by atoms with Gasteiger partial charge in [0.1, 0.15) is 5.82 Å². The molecule has 0 spiro atoms. The molecule has 0 fully saturated rings. The van der Waals surface area contributed by atoms with E-state index in [1.165, 1.54) is 6.07 Å². The van der Waals surface area contributed by atoms with Crippen LogP contribution < -0.4 is 16.0 Å². The maximum Gasteiger partial charge on any atom is 0.255 e. The van der Waals surface area contributed by atoms with Gasteiger partial charge in [-0.2, -0.15) is 0 Å². The Labute approximate surface area is 122 Å². The van der Waals surface area contributed by atoms with Gasteiger partial charge in [0.05, 0.1) is 17.1 Å². The number of amides is 1. The molecule has 21 heavy (non-hydrogen) atoms. The zero-order chi connectivity index (χ0) is 14.8. The first-order valence-corrected chi connectivity index (χ1v) is 6.83. The van der Waals surface area contributed by atoms with Crippen LogP contribution in [0.2, 0.25) is 0 Å². The van der Waals surface area contributed by atoms with Crippen molar-refractivity contribution in [3.8, 4) is 0 Å². The number of hydrogen-bond donors (Lipinski definition) is 3. The molecule has 0 saturated carbocycles. The standard InChI is InChI=1S/C16H16FN3O/c1-10-2-4-13(12(17)8-10)20-16(21)11-3-5-14-15(9-11)19-7-6-18-14/h2-5,8-9,18-19H,6-7H2,1H3,(H,20,21). The third-order valence-electron chi connectivity index (χ3n) is 3.41. The lowest BCUT2D eigenvalue weighted by atomic mass is 10.1. The minimum atomic E-state index is -0.430. The number of aryl methyl sites for hydroxylation is 1.